The number of para-hydroxylation sites is 2. The predicted molar refractivity (Wildman–Crippen MR) is 211 cm³/mol. The molecule has 7 nitrogen and oxygen atoms in total. The van der Waals surface area contributed by atoms with Crippen molar-refractivity contribution in [2.24, 2.45) is 11.8 Å². The van der Waals surface area contributed by atoms with Crippen LogP contribution in [0.2, 0.25) is 0 Å². The van der Waals surface area contributed by atoms with Crippen LogP contribution in [0.1, 0.15) is 48.9 Å². The maximum Gasteiger partial charge on any atom is 0.243 e. The molecule has 268 valence electrons. The first-order valence-corrected chi connectivity index (χ1v) is 20.4. The van der Waals surface area contributed by atoms with Gasteiger partial charge >= 0.3 is 0 Å². The number of benzene rings is 5. The summed E-state index contributed by atoms with van der Waals surface area (Å²) in [6.45, 7) is 6.34. The standard InChI is InChI=1S/C45H44N3O4S/c1-30(2)45(49)33-19-23-46(24-20-33)53(50,51)44-14-8-5-11-34(44)27-39-37-17-15-35(47-25-21-31-9-3-6-12-40(31)47)28-42(37)52-43-29-36(16-18-38(39)43)48-26-22-32-10-4-7-13-41(32)48/h3-18,28-30,33H,19-27H2,1-2H3/q+1. The van der Waals surface area contributed by atoms with Crippen molar-refractivity contribution < 1.29 is 17.6 Å². The lowest BCUT2D eigenvalue weighted by Crippen LogP contribution is -2.41. The molecule has 1 fully saturated rings. The van der Waals surface area contributed by atoms with Gasteiger partial charge in [0.2, 0.25) is 21.1 Å². The van der Waals surface area contributed by atoms with E-state index in [1.54, 1.807) is 10.4 Å². The first-order valence-electron chi connectivity index (χ1n) is 18.9. The van der Waals surface area contributed by atoms with Gasteiger partial charge in [-0.3, -0.25) is 4.79 Å². The number of anilines is 2. The van der Waals surface area contributed by atoms with Crippen LogP contribution < -0.4 is 14.8 Å². The number of nitrogens with zero attached hydrogens (tertiary/aromatic N) is 3. The lowest BCUT2D eigenvalue weighted by molar-refractivity contribution is -0.126. The zero-order chi connectivity index (χ0) is 36.3. The molecule has 0 unspecified atom stereocenters. The molecule has 0 bridgehead atoms. The molecule has 8 heteroatoms. The average molecular weight is 723 g/mol. The van der Waals surface area contributed by atoms with Gasteiger partial charge in [-0.2, -0.15) is 8.88 Å². The first-order chi connectivity index (χ1) is 25.8. The summed E-state index contributed by atoms with van der Waals surface area (Å²) in [5.74, 6) is 0.867. The second kappa shape index (κ2) is 13.4. The molecule has 0 saturated carbocycles. The van der Waals surface area contributed by atoms with E-state index < -0.39 is 10.0 Å². The smallest absolute Gasteiger partial charge is 0.243 e. The predicted octanol–water partition coefficient (Wildman–Crippen LogP) is 8.11. The molecular formula is C45H44N3O4S+. The molecule has 0 aromatic heterocycles. The highest BCUT2D eigenvalue weighted by molar-refractivity contribution is 7.89. The molecule has 0 N–H and O–H groups in total. The van der Waals surface area contributed by atoms with Gasteiger partial charge in [0, 0.05) is 90.4 Å². The van der Waals surface area contributed by atoms with E-state index in [1.165, 1.54) is 22.5 Å². The second-order valence-electron chi connectivity index (χ2n) is 15.0. The van der Waals surface area contributed by atoms with Crippen LogP contribution in [-0.2, 0) is 34.1 Å². The highest BCUT2D eigenvalue weighted by Gasteiger charge is 2.34. The third-order valence-electron chi connectivity index (χ3n) is 11.6. The molecule has 4 heterocycles. The Labute approximate surface area is 311 Å². The number of Topliss-reactive ketones (excluding diaryl/α,β-unsaturated/α-hetero) is 1. The molecule has 53 heavy (non-hydrogen) atoms. The number of carbonyl (C=O) groups is 1. The van der Waals surface area contributed by atoms with E-state index in [9.17, 15) is 13.2 Å². The molecule has 0 radical (unpaired) electrons. The number of ketones is 1. The lowest BCUT2D eigenvalue weighted by Gasteiger charge is -2.31. The van der Waals surface area contributed by atoms with Gasteiger partial charge < -0.3 is 9.32 Å². The molecular weight excluding hydrogens is 679 g/mol. The van der Waals surface area contributed by atoms with Gasteiger partial charge in [0.15, 0.2) is 6.54 Å². The summed E-state index contributed by atoms with van der Waals surface area (Å²) < 4.78 is 39.4. The Morgan fingerprint density at radius 3 is 2.42 bits per heavy atom. The number of piperidine rings is 1. The Morgan fingerprint density at radius 2 is 1.58 bits per heavy atom. The molecule has 0 amide bonds. The SMILES string of the molecule is CC(C)C(=O)C1CCN(S(=O)(=O)c2ccccc2Cc2c3cc/c(=[N+]4/CCc5ccccc54)cc-3oc3cc(N4CCc5ccccc54)ccc23)CC1. The third kappa shape index (κ3) is 5.98. The van der Waals surface area contributed by atoms with E-state index in [2.05, 4.69) is 94.4 Å². The molecule has 5 aliphatic rings. The minimum Gasteiger partial charge on any atom is -0.456 e. The number of fused-ring (bicyclic) bond motifs is 4. The van der Waals surface area contributed by atoms with Crippen LogP contribution in [0.25, 0.3) is 22.3 Å². The molecule has 9 rings (SSSR count). The molecule has 4 aromatic rings. The molecule has 0 atom stereocenters. The largest absolute Gasteiger partial charge is 0.456 e. The minimum atomic E-state index is -3.80. The first kappa shape index (κ1) is 33.8. The summed E-state index contributed by atoms with van der Waals surface area (Å²) in [5.41, 5.74) is 9.71. The minimum absolute atomic E-state index is 0.0457. The van der Waals surface area contributed by atoms with E-state index >= 15 is 0 Å². The summed E-state index contributed by atoms with van der Waals surface area (Å²) in [5, 5.41) is 2.04. The normalized spacial score (nSPS) is 17.5. The van der Waals surface area contributed by atoms with E-state index in [0.717, 1.165) is 70.4 Å². The van der Waals surface area contributed by atoms with Gasteiger partial charge in [-0.1, -0.05) is 68.4 Å². The van der Waals surface area contributed by atoms with Crippen LogP contribution in [0.3, 0.4) is 0 Å². The summed E-state index contributed by atoms with van der Waals surface area (Å²) in [6.07, 6.45) is 3.51. The van der Waals surface area contributed by atoms with E-state index in [0.29, 0.717) is 37.2 Å². The zero-order valence-electron chi connectivity index (χ0n) is 30.3. The van der Waals surface area contributed by atoms with Crippen LogP contribution in [-0.4, -0.2) is 44.7 Å². The Morgan fingerprint density at radius 1 is 0.830 bits per heavy atom. The van der Waals surface area contributed by atoms with Crippen molar-refractivity contribution in [3.63, 3.8) is 0 Å². The fraction of sp³-hybridized carbons (Fsp3) is 0.289. The molecule has 0 spiro atoms. The summed E-state index contributed by atoms with van der Waals surface area (Å²) >= 11 is 0. The highest BCUT2D eigenvalue weighted by Crippen LogP contribution is 2.40. The van der Waals surface area contributed by atoms with Gasteiger partial charge in [0.25, 0.3) is 0 Å². The van der Waals surface area contributed by atoms with E-state index in [4.69, 9.17) is 4.42 Å². The maximum atomic E-state index is 14.3. The molecule has 1 aliphatic carbocycles. The van der Waals surface area contributed by atoms with Gasteiger partial charge in [0.05, 0.1) is 11.0 Å². The Balaban J connectivity index is 1.15. The molecule has 4 aromatic carbocycles. The number of sulfonamides is 1. The summed E-state index contributed by atoms with van der Waals surface area (Å²) in [7, 11) is -3.80. The molecule has 1 saturated heterocycles. The van der Waals surface area contributed by atoms with E-state index in [1.807, 2.05) is 32.0 Å². The lowest BCUT2D eigenvalue weighted by atomic mass is 9.88. The maximum absolute atomic E-state index is 14.3. The van der Waals surface area contributed by atoms with Crippen LogP contribution in [0.5, 0.6) is 0 Å². The molecule has 4 aliphatic heterocycles. The van der Waals surface area contributed by atoms with Crippen LogP contribution in [0.15, 0.2) is 119 Å². The van der Waals surface area contributed by atoms with Gasteiger partial charge in [-0.25, -0.2) is 8.42 Å². The summed E-state index contributed by atoms with van der Waals surface area (Å²) in [6, 6.07) is 37.4. The van der Waals surface area contributed by atoms with Crippen molar-refractivity contribution in [2.45, 2.75) is 50.8 Å². The zero-order valence-corrected chi connectivity index (χ0v) is 31.1. The number of rotatable bonds is 7. The van der Waals surface area contributed by atoms with Crippen LogP contribution in [0.4, 0.5) is 17.1 Å². The fourth-order valence-corrected chi connectivity index (χ4v) is 10.5. The van der Waals surface area contributed by atoms with Gasteiger partial charge in [0.1, 0.15) is 17.1 Å². The van der Waals surface area contributed by atoms with Crippen molar-refractivity contribution in [1.29, 1.82) is 0 Å². The summed E-state index contributed by atoms with van der Waals surface area (Å²) in [4.78, 5) is 15.4. The quantitative estimate of drug-likeness (QED) is 0.123. The number of hydrogen-bond acceptors (Lipinski definition) is 5. The topological polar surface area (TPSA) is 73.8 Å². The third-order valence-corrected chi connectivity index (χ3v) is 13.6. The van der Waals surface area contributed by atoms with Gasteiger partial charge in [-0.15, -0.1) is 0 Å². The van der Waals surface area contributed by atoms with Crippen molar-refractivity contribution in [1.82, 2.24) is 8.88 Å². The highest BCUT2D eigenvalue weighted by atomic mass is 32.2. The Kier molecular flexibility index (Phi) is 8.55. The van der Waals surface area contributed by atoms with Crippen molar-refractivity contribution in [2.75, 3.05) is 31.1 Å². The monoisotopic (exact) mass is 722 g/mol. The van der Waals surface area contributed by atoms with E-state index in [-0.39, 0.29) is 17.6 Å². The van der Waals surface area contributed by atoms with Crippen LogP contribution in [0, 0.1) is 11.8 Å². The second-order valence-corrected chi connectivity index (χ2v) is 16.9. The van der Waals surface area contributed by atoms with Crippen molar-refractivity contribution in [3.8, 4) is 11.3 Å². The number of carbonyl (C=O) groups excluding carboxylic acids is 1. The fourth-order valence-electron chi connectivity index (χ4n) is 8.78. The average Bonchev–Trinajstić information content (AvgIpc) is 3.82. The van der Waals surface area contributed by atoms with Crippen molar-refractivity contribution in [3.05, 3.63) is 137 Å². The Bertz CT molecular complexity index is 2550. The van der Waals surface area contributed by atoms with Crippen LogP contribution >= 0.6 is 0 Å². The van der Waals surface area contributed by atoms with Gasteiger partial charge in [-0.05, 0) is 66.3 Å². The van der Waals surface area contributed by atoms with Crippen molar-refractivity contribution >= 4 is 43.8 Å². The Hall–Kier alpha value is -5.05. The number of hydrogen-bond donors (Lipinski definition) is 0.